The van der Waals surface area contributed by atoms with Gasteiger partial charge in [-0.05, 0) is 29.3 Å². The normalized spacial score (nSPS) is 10.5. The maximum Gasteiger partial charge on any atom is 0.0832 e. The van der Waals surface area contributed by atoms with Gasteiger partial charge in [-0.2, -0.15) is 5.10 Å². The van der Waals surface area contributed by atoms with Crippen molar-refractivity contribution >= 4 is 11.6 Å². The highest BCUT2D eigenvalue weighted by atomic mass is 35.5. The molecule has 18 heavy (non-hydrogen) atoms. The van der Waals surface area contributed by atoms with E-state index in [4.69, 9.17) is 11.6 Å². The lowest BCUT2D eigenvalue weighted by Crippen LogP contribution is -1.95. The zero-order valence-corrected chi connectivity index (χ0v) is 10.4. The van der Waals surface area contributed by atoms with E-state index in [1.54, 1.807) is 10.9 Å². The molecular weight excluding hydrogens is 244 g/mol. The molecule has 3 aromatic rings. The summed E-state index contributed by atoms with van der Waals surface area (Å²) in [6, 6.07) is 18.1. The fourth-order valence-electron chi connectivity index (χ4n) is 1.91. The Kier molecular flexibility index (Phi) is 2.87. The Hall–Kier alpha value is -2.06. The van der Waals surface area contributed by atoms with Crippen LogP contribution in [0.2, 0.25) is 5.02 Å². The van der Waals surface area contributed by atoms with E-state index in [0.717, 1.165) is 16.8 Å². The van der Waals surface area contributed by atoms with Crippen LogP contribution in [-0.4, -0.2) is 9.78 Å². The maximum atomic E-state index is 6.31. The van der Waals surface area contributed by atoms with Crippen LogP contribution in [0.25, 0.3) is 16.8 Å². The van der Waals surface area contributed by atoms with Crippen LogP contribution >= 0.6 is 11.6 Å². The van der Waals surface area contributed by atoms with Crippen LogP contribution in [-0.2, 0) is 0 Å². The smallest absolute Gasteiger partial charge is 0.0832 e. The monoisotopic (exact) mass is 254 g/mol. The van der Waals surface area contributed by atoms with Gasteiger partial charge in [0.2, 0.25) is 0 Å². The van der Waals surface area contributed by atoms with E-state index in [2.05, 4.69) is 23.3 Å². The Morgan fingerprint density at radius 2 is 1.72 bits per heavy atom. The third-order valence-corrected chi connectivity index (χ3v) is 3.11. The lowest BCUT2D eigenvalue weighted by Gasteiger charge is -2.07. The number of halogens is 1. The SMILES string of the molecule is Clc1cc(-c2ccccc2)ccc1-n1cccn1. The molecule has 0 amide bonds. The molecular formula is C15H11ClN2. The van der Waals surface area contributed by atoms with Gasteiger partial charge >= 0.3 is 0 Å². The molecule has 3 heteroatoms. The molecule has 0 aliphatic carbocycles. The second kappa shape index (κ2) is 4.67. The molecule has 0 fully saturated rings. The van der Waals surface area contributed by atoms with E-state index in [9.17, 15) is 0 Å². The third kappa shape index (κ3) is 2.03. The molecule has 0 saturated carbocycles. The van der Waals surface area contributed by atoms with Gasteiger partial charge in [-0.25, -0.2) is 4.68 Å². The highest BCUT2D eigenvalue weighted by Gasteiger charge is 2.05. The standard InChI is InChI=1S/C15H11ClN2/c16-14-11-13(12-5-2-1-3-6-12)7-8-15(14)18-10-4-9-17-18/h1-11H. The van der Waals surface area contributed by atoms with Crippen LogP contribution in [0.1, 0.15) is 0 Å². The minimum Gasteiger partial charge on any atom is -0.239 e. The average molecular weight is 255 g/mol. The molecule has 88 valence electrons. The number of aromatic nitrogens is 2. The summed E-state index contributed by atoms with van der Waals surface area (Å²) in [5.74, 6) is 0. The molecule has 0 saturated heterocycles. The largest absolute Gasteiger partial charge is 0.239 e. The Labute approximate surface area is 110 Å². The molecule has 0 radical (unpaired) electrons. The summed E-state index contributed by atoms with van der Waals surface area (Å²) in [5, 5.41) is 4.88. The summed E-state index contributed by atoms with van der Waals surface area (Å²) in [7, 11) is 0. The molecule has 0 spiro atoms. The summed E-state index contributed by atoms with van der Waals surface area (Å²) >= 11 is 6.31. The summed E-state index contributed by atoms with van der Waals surface area (Å²) in [6.45, 7) is 0. The van der Waals surface area contributed by atoms with Crippen molar-refractivity contribution in [2.75, 3.05) is 0 Å². The first-order valence-corrected chi connectivity index (χ1v) is 6.07. The number of rotatable bonds is 2. The zero-order valence-electron chi connectivity index (χ0n) is 9.62. The van der Waals surface area contributed by atoms with Crippen molar-refractivity contribution in [1.29, 1.82) is 0 Å². The molecule has 2 aromatic carbocycles. The fourth-order valence-corrected chi connectivity index (χ4v) is 2.18. The summed E-state index contributed by atoms with van der Waals surface area (Å²) in [6.07, 6.45) is 3.62. The molecule has 1 heterocycles. The Balaban J connectivity index is 2.05. The van der Waals surface area contributed by atoms with Gasteiger partial charge in [-0.15, -0.1) is 0 Å². The number of nitrogens with zero attached hydrogens (tertiary/aromatic N) is 2. The quantitative estimate of drug-likeness (QED) is 0.670. The van der Waals surface area contributed by atoms with Crippen molar-refractivity contribution < 1.29 is 0 Å². The van der Waals surface area contributed by atoms with E-state index in [1.165, 1.54) is 0 Å². The van der Waals surface area contributed by atoms with Gasteiger partial charge in [-0.3, -0.25) is 0 Å². The highest BCUT2D eigenvalue weighted by Crippen LogP contribution is 2.27. The first-order valence-electron chi connectivity index (χ1n) is 5.69. The molecule has 0 N–H and O–H groups in total. The van der Waals surface area contributed by atoms with E-state index in [-0.39, 0.29) is 0 Å². The molecule has 3 rings (SSSR count). The van der Waals surface area contributed by atoms with Gasteiger partial charge in [0.05, 0.1) is 10.7 Å². The predicted octanol–water partition coefficient (Wildman–Crippen LogP) is 4.19. The minimum atomic E-state index is 0.694. The van der Waals surface area contributed by atoms with Gasteiger partial charge < -0.3 is 0 Å². The van der Waals surface area contributed by atoms with Crippen LogP contribution in [0.3, 0.4) is 0 Å². The number of benzene rings is 2. The van der Waals surface area contributed by atoms with Crippen molar-refractivity contribution in [1.82, 2.24) is 9.78 Å². The minimum absolute atomic E-state index is 0.694. The van der Waals surface area contributed by atoms with Gasteiger partial charge in [0.15, 0.2) is 0 Å². The fraction of sp³-hybridized carbons (Fsp3) is 0. The summed E-state index contributed by atoms with van der Waals surface area (Å²) < 4.78 is 1.76. The molecule has 0 atom stereocenters. The van der Waals surface area contributed by atoms with Crippen LogP contribution in [0.15, 0.2) is 67.0 Å². The van der Waals surface area contributed by atoms with Crippen LogP contribution < -0.4 is 0 Å². The van der Waals surface area contributed by atoms with Crippen molar-refractivity contribution in [3.05, 3.63) is 72.0 Å². The molecule has 0 bridgehead atoms. The Morgan fingerprint density at radius 3 is 2.39 bits per heavy atom. The van der Waals surface area contributed by atoms with Crippen LogP contribution in [0, 0.1) is 0 Å². The van der Waals surface area contributed by atoms with Gasteiger partial charge in [0.25, 0.3) is 0 Å². The average Bonchev–Trinajstić information content (AvgIpc) is 2.93. The van der Waals surface area contributed by atoms with E-state index in [1.807, 2.05) is 42.6 Å². The van der Waals surface area contributed by atoms with Crippen LogP contribution in [0.4, 0.5) is 0 Å². The van der Waals surface area contributed by atoms with Crippen molar-refractivity contribution in [2.45, 2.75) is 0 Å². The maximum absolute atomic E-state index is 6.31. The molecule has 0 aliphatic heterocycles. The molecule has 0 unspecified atom stereocenters. The lowest BCUT2D eigenvalue weighted by molar-refractivity contribution is 0.881. The van der Waals surface area contributed by atoms with Gasteiger partial charge in [0, 0.05) is 12.4 Å². The summed E-state index contributed by atoms with van der Waals surface area (Å²) in [5.41, 5.74) is 3.16. The highest BCUT2D eigenvalue weighted by molar-refractivity contribution is 6.32. The van der Waals surface area contributed by atoms with Crippen molar-refractivity contribution in [3.8, 4) is 16.8 Å². The van der Waals surface area contributed by atoms with Gasteiger partial charge in [0.1, 0.15) is 0 Å². The summed E-state index contributed by atoms with van der Waals surface area (Å²) in [4.78, 5) is 0. The number of hydrogen-bond acceptors (Lipinski definition) is 1. The van der Waals surface area contributed by atoms with Crippen molar-refractivity contribution in [2.24, 2.45) is 0 Å². The first kappa shape index (κ1) is 11.1. The van der Waals surface area contributed by atoms with E-state index >= 15 is 0 Å². The molecule has 2 nitrogen and oxygen atoms in total. The number of hydrogen-bond donors (Lipinski definition) is 0. The van der Waals surface area contributed by atoms with E-state index in [0.29, 0.717) is 5.02 Å². The predicted molar refractivity (Wildman–Crippen MR) is 74.0 cm³/mol. The second-order valence-corrected chi connectivity index (χ2v) is 4.39. The van der Waals surface area contributed by atoms with E-state index < -0.39 is 0 Å². The third-order valence-electron chi connectivity index (χ3n) is 2.81. The lowest BCUT2D eigenvalue weighted by atomic mass is 10.1. The Bertz CT molecular complexity index is 646. The molecule has 1 aromatic heterocycles. The van der Waals surface area contributed by atoms with Crippen molar-refractivity contribution in [3.63, 3.8) is 0 Å². The second-order valence-electron chi connectivity index (χ2n) is 3.98. The Morgan fingerprint density at radius 1 is 0.889 bits per heavy atom. The van der Waals surface area contributed by atoms with Crippen LogP contribution in [0.5, 0.6) is 0 Å². The van der Waals surface area contributed by atoms with Gasteiger partial charge in [-0.1, -0.05) is 48.0 Å². The molecule has 0 aliphatic rings. The first-order chi connectivity index (χ1) is 8.84. The topological polar surface area (TPSA) is 17.8 Å². The zero-order chi connectivity index (χ0) is 12.4.